The first kappa shape index (κ1) is 26.8. The van der Waals surface area contributed by atoms with Crippen molar-refractivity contribution in [1.82, 2.24) is 15.3 Å². The number of amides is 2. The molecule has 0 radical (unpaired) electrons. The summed E-state index contributed by atoms with van der Waals surface area (Å²) in [5.41, 5.74) is -0.129. The maximum Gasteiger partial charge on any atom is 0.328 e. The van der Waals surface area contributed by atoms with Crippen LogP contribution in [0.5, 0.6) is 5.88 Å². The fourth-order valence-corrected chi connectivity index (χ4v) is 3.31. The van der Waals surface area contributed by atoms with Crippen LogP contribution in [0.4, 0.5) is 11.8 Å². The lowest BCUT2D eigenvalue weighted by Gasteiger charge is -2.26. The van der Waals surface area contributed by atoms with Crippen molar-refractivity contribution < 1.29 is 33.8 Å². The van der Waals surface area contributed by atoms with Crippen LogP contribution in [0.1, 0.15) is 52.0 Å². The number of carbonyl (C=O) groups excluding carboxylic acids is 4. The molecule has 1 aliphatic rings. The topological polar surface area (TPSA) is 169 Å². The van der Waals surface area contributed by atoms with Gasteiger partial charge in [-0.3, -0.25) is 19.7 Å². The number of aromatic nitrogens is 2. The number of hydrogen-bond donors (Lipinski definition) is 4. The molecule has 1 unspecified atom stereocenters. The Morgan fingerprint density at radius 3 is 2.47 bits per heavy atom. The summed E-state index contributed by atoms with van der Waals surface area (Å²) in [6, 6.07) is -0.944. The summed E-state index contributed by atoms with van der Waals surface area (Å²) in [6.45, 7) is 5.77. The minimum atomic E-state index is -0.944. The lowest BCUT2D eigenvalue weighted by atomic mass is 9.92. The lowest BCUT2D eigenvalue weighted by Crippen LogP contribution is -2.42. The van der Waals surface area contributed by atoms with E-state index in [4.69, 9.17) is 4.74 Å². The Kier molecular flexibility index (Phi) is 9.16. The number of esters is 2. The van der Waals surface area contributed by atoms with Gasteiger partial charge >= 0.3 is 11.9 Å². The van der Waals surface area contributed by atoms with Gasteiger partial charge in [-0.1, -0.05) is 20.8 Å². The number of ether oxygens (including phenoxy) is 2. The molecule has 0 saturated heterocycles. The molecule has 12 heteroatoms. The van der Waals surface area contributed by atoms with Crippen LogP contribution in [-0.2, 0) is 35.1 Å². The van der Waals surface area contributed by atoms with E-state index in [-0.39, 0.29) is 48.8 Å². The molecule has 0 spiro atoms. The molecule has 0 aliphatic carbocycles. The Morgan fingerprint density at radius 1 is 1.15 bits per heavy atom. The third-order valence-electron chi connectivity index (χ3n) is 5.41. The Morgan fingerprint density at radius 2 is 1.85 bits per heavy atom. The lowest BCUT2D eigenvalue weighted by molar-refractivity contribution is -0.146. The molecule has 12 nitrogen and oxygen atoms in total. The standard InChI is InChI=1S/C22H33N5O7/c1-22(2,3)20(32)27-21-25-17-13(18(30)26-21)10-12(11-23-17)6-8-15(28)24-14(19(31)34-5)7-9-16(29)33-4/h12,14H,6-11H2,1-5H3,(H,24,28)(H3,23,25,26,27,30,32)/t12?,14-/m0/s1. The van der Waals surface area contributed by atoms with Crippen LogP contribution in [0, 0.1) is 11.3 Å². The van der Waals surface area contributed by atoms with Gasteiger partial charge in [0.25, 0.3) is 0 Å². The number of nitrogens with zero attached hydrogens (tertiary/aromatic N) is 2. The first-order chi connectivity index (χ1) is 15.9. The highest BCUT2D eigenvalue weighted by Crippen LogP contribution is 2.32. The van der Waals surface area contributed by atoms with Gasteiger partial charge < -0.3 is 25.2 Å². The molecule has 2 rings (SSSR count). The number of anilines is 2. The maximum atomic E-state index is 12.4. The molecule has 2 atom stereocenters. The number of hydrogen-bond acceptors (Lipinski definition) is 10. The summed E-state index contributed by atoms with van der Waals surface area (Å²) in [5, 5.41) is 18.7. The molecule has 0 fully saturated rings. The molecule has 0 saturated carbocycles. The molecule has 0 aromatic carbocycles. The molecular weight excluding hydrogens is 446 g/mol. The molecule has 34 heavy (non-hydrogen) atoms. The SMILES string of the molecule is COC(=O)CC[C@H](NC(=O)CCC1CNc2nc(NC(=O)C(C)(C)C)nc(O)c2C1)C(=O)OC. The molecule has 1 aromatic heterocycles. The van der Waals surface area contributed by atoms with Crippen molar-refractivity contribution in [3.63, 3.8) is 0 Å². The van der Waals surface area contributed by atoms with Crippen molar-refractivity contribution >= 4 is 35.5 Å². The zero-order valence-corrected chi connectivity index (χ0v) is 20.2. The molecular formula is C22H33N5O7. The molecule has 4 N–H and O–H groups in total. The second kappa shape index (κ2) is 11.6. The third-order valence-corrected chi connectivity index (χ3v) is 5.41. The van der Waals surface area contributed by atoms with Gasteiger partial charge in [0.1, 0.15) is 11.9 Å². The number of aromatic hydroxyl groups is 1. The number of fused-ring (bicyclic) bond motifs is 1. The van der Waals surface area contributed by atoms with Crippen molar-refractivity contribution in [1.29, 1.82) is 0 Å². The highest BCUT2D eigenvalue weighted by molar-refractivity contribution is 5.93. The van der Waals surface area contributed by atoms with Crippen LogP contribution < -0.4 is 16.0 Å². The van der Waals surface area contributed by atoms with Gasteiger partial charge in [-0.05, 0) is 25.2 Å². The van der Waals surface area contributed by atoms with Gasteiger partial charge in [0.05, 0.1) is 19.8 Å². The molecule has 1 aromatic rings. The Balaban J connectivity index is 1.93. The van der Waals surface area contributed by atoms with E-state index < -0.39 is 23.4 Å². The van der Waals surface area contributed by atoms with Crippen molar-refractivity contribution in [2.24, 2.45) is 11.3 Å². The largest absolute Gasteiger partial charge is 0.493 e. The second-order valence-electron chi connectivity index (χ2n) is 9.15. The van der Waals surface area contributed by atoms with Gasteiger partial charge in [-0.25, -0.2) is 4.79 Å². The highest BCUT2D eigenvalue weighted by atomic mass is 16.5. The van der Waals surface area contributed by atoms with E-state index in [9.17, 15) is 24.3 Å². The number of nitrogens with one attached hydrogen (secondary N) is 3. The van der Waals surface area contributed by atoms with E-state index in [1.165, 1.54) is 14.2 Å². The smallest absolute Gasteiger partial charge is 0.328 e. The summed E-state index contributed by atoms with van der Waals surface area (Å²) in [5.74, 6) is -1.53. The maximum absolute atomic E-state index is 12.4. The summed E-state index contributed by atoms with van der Waals surface area (Å²) in [6.07, 6.45) is 1.09. The van der Waals surface area contributed by atoms with E-state index in [1.807, 2.05) is 0 Å². The van der Waals surface area contributed by atoms with E-state index in [0.29, 0.717) is 30.8 Å². The van der Waals surface area contributed by atoms with Crippen molar-refractivity contribution in [2.75, 3.05) is 31.4 Å². The van der Waals surface area contributed by atoms with Crippen molar-refractivity contribution in [3.8, 4) is 5.88 Å². The van der Waals surface area contributed by atoms with E-state index in [2.05, 4.69) is 30.7 Å². The Labute approximate surface area is 198 Å². The number of methoxy groups -OCH3 is 2. The molecule has 188 valence electrons. The summed E-state index contributed by atoms with van der Waals surface area (Å²) in [7, 11) is 2.45. The molecule has 0 bridgehead atoms. The average molecular weight is 480 g/mol. The first-order valence-electron chi connectivity index (χ1n) is 11.0. The fourth-order valence-electron chi connectivity index (χ4n) is 3.31. The predicted molar refractivity (Wildman–Crippen MR) is 122 cm³/mol. The first-order valence-corrected chi connectivity index (χ1v) is 11.0. The third kappa shape index (κ3) is 7.56. The molecule has 2 heterocycles. The van der Waals surface area contributed by atoms with Crippen LogP contribution in [-0.4, -0.2) is 65.6 Å². The van der Waals surface area contributed by atoms with E-state index in [0.717, 1.165) is 0 Å². The van der Waals surface area contributed by atoms with Crippen LogP contribution in [0.25, 0.3) is 0 Å². The Hall–Kier alpha value is -3.44. The van der Waals surface area contributed by atoms with Crippen LogP contribution >= 0.6 is 0 Å². The number of rotatable bonds is 9. The van der Waals surface area contributed by atoms with Gasteiger partial charge in [-0.2, -0.15) is 9.97 Å². The van der Waals surface area contributed by atoms with Crippen LogP contribution in [0.3, 0.4) is 0 Å². The zero-order chi connectivity index (χ0) is 25.5. The molecule has 1 aliphatic heterocycles. The summed E-state index contributed by atoms with van der Waals surface area (Å²) in [4.78, 5) is 56.1. The minimum Gasteiger partial charge on any atom is -0.493 e. The van der Waals surface area contributed by atoms with Crippen molar-refractivity contribution in [2.45, 2.75) is 58.9 Å². The normalized spacial score (nSPS) is 15.9. The second-order valence-corrected chi connectivity index (χ2v) is 9.15. The van der Waals surface area contributed by atoms with Gasteiger partial charge in [0, 0.05) is 24.8 Å². The van der Waals surface area contributed by atoms with E-state index >= 15 is 0 Å². The summed E-state index contributed by atoms with van der Waals surface area (Å²) >= 11 is 0. The van der Waals surface area contributed by atoms with Crippen LogP contribution in [0.2, 0.25) is 0 Å². The fraction of sp³-hybridized carbons (Fsp3) is 0.636. The highest BCUT2D eigenvalue weighted by Gasteiger charge is 2.28. The average Bonchev–Trinajstić information content (AvgIpc) is 2.79. The summed E-state index contributed by atoms with van der Waals surface area (Å²) < 4.78 is 9.26. The van der Waals surface area contributed by atoms with Gasteiger partial charge in [-0.15, -0.1) is 0 Å². The number of carbonyl (C=O) groups is 4. The van der Waals surface area contributed by atoms with Gasteiger partial charge in [0.2, 0.25) is 23.6 Å². The van der Waals surface area contributed by atoms with Gasteiger partial charge in [0.15, 0.2) is 0 Å². The van der Waals surface area contributed by atoms with Crippen molar-refractivity contribution in [3.05, 3.63) is 5.56 Å². The Bertz CT molecular complexity index is 929. The van der Waals surface area contributed by atoms with E-state index in [1.54, 1.807) is 20.8 Å². The quantitative estimate of drug-likeness (QED) is 0.377. The minimum absolute atomic E-state index is 0.00871. The van der Waals surface area contributed by atoms with Crippen LogP contribution in [0.15, 0.2) is 0 Å². The molecule has 2 amide bonds. The monoisotopic (exact) mass is 479 g/mol. The zero-order valence-electron chi connectivity index (χ0n) is 20.2. The predicted octanol–water partition coefficient (Wildman–Crippen LogP) is 1.14.